The van der Waals surface area contributed by atoms with Crippen molar-refractivity contribution in [3.63, 3.8) is 0 Å². The minimum atomic E-state index is -1.15. The van der Waals surface area contributed by atoms with Crippen molar-refractivity contribution in [1.29, 1.82) is 0 Å². The van der Waals surface area contributed by atoms with E-state index in [0.29, 0.717) is 12.2 Å². The lowest BCUT2D eigenvalue weighted by Crippen LogP contribution is -2.57. The van der Waals surface area contributed by atoms with Crippen LogP contribution in [0.15, 0.2) is 4.99 Å². The fourth-order valence-electron chi connectivity index (χ4n) is 2.57. The first-order valence-corrected chi connectivity index (χ1v) is 11.3. The van der Waals surface area contributed by atoms with Crippen LogP contribution in [0.25, 0.3) is 0 Å². The summed E-state index contributed by atoms with van der Waals surface area (Å²) < 4.78 is 0. The van der Waals surface area contributed by atoms with Crippen molar-refractivity contribution in [3.8, 4) is 0 Å². The molecule has 0 aromatic rings. The molecular formula is C18H35N7O5S. The largest absolute Gasteiger partial charge is 0.480 e. The number of thioether (sulfide) groups is 1. The van der Waals surface area contributed by atoms with Crippen molar-refractivity contribution < 1.29 is 24.3 Å². The molecule has 3 atom stereocenters. The topological polar surface area (TPSA) is 215 Å². The second-order valence-electron chi connectivity index (χ2n) is 7.18. The molecule has 0 fully saturated rings. The fraction of sp³-hybridized carbons (Fsp3) is 0.722. The third kappa shape index (κ3) is 12.0. The molecule has 0 bridgehead atoms. The van der Waals surface area contributed by atoms with Crippen molar-refractivity contribution in [1.82, 2.24) is 16.0 Å². The smallest absolute Gasteiger partial charge is 0.326 e. The van der Waals surface area contributed by atoms with Gasteiger partial charge in [-0.1, -0.05) is 13.8 Å². The van der Waals surface area contributed by atoms with E-state index in [1.807, 2.05) is 6.26 Å². The second kappa shape index (κ2) is 15.3. The third-order valence-electron chi connectivity index (χ3n) is 4.25. The number of carboxylic acid groups (broad SMARTS) is 1. The Morgan fingerprint density at radius 2 is 1.65 bits per heavy atom. The number of carbonyl (C=O) groups is 4. The lowest BCUT2D eigenvalue weighted by atomic mass is 10.0. The maximum Gasteiger partial charge on any atom is 0.326 e. The van der Waals surface area contributed by atoms with Crippen molar-refractivity contribution in [2.75, 3.05) is 25.1 Å². The van der Waals surface area contributed by atoms with Gasteiger partial charge < -0.3 is 38.3 Å². The molecule has 0 rings (SSSR count). The van der Waals surface area contributed by atoms with E-state index in [0.717, 1.165) is 0 Å². The zero-order chi connectivity index (χ0) is 24.0. The summed E-state index contributed by atoms with van der Waals surface area (Å²) in [6.07, 6.45) is 2.70. The molecule has 0 radical (unpaired) electrons. The molecule has 0 aromatic carbocycles. The van der Waals surface area contributed by atoms with Gasteiger partial charge in [-0.25, -0.2) is 4.79 Å². The minimum Gasteiger partial charge on any atom is -0.480 e. The molecule has 0 heterocycles. The van der Waals surface area contributed by atoms with Crippen LogP contribution in [0.4, 0.5) is 0 Å². The summed E-state index contributed by atoms with van der Waals surface area (Å²) in [5.41, 5.74) is 15.9. The Kier molecular flexibility index (Phi) is 14.0. The molecular weight excluding hydrogens is 426 g/mol. The predicted octanol–water partition coefficient (Wildman–Crippen LogP) is -2.05. The summed E-state index contributed by atoms with van der Waals surface area (Å²) in [6, 6.07) is -3.00. The number of carbonyl (C=O) groups excluding carboxylic acids is 3. The predicted molar refractivity (Wildman–Crippen MR) is 120 cm³/mol. The summed E-state index contributed by atoms with van der Waals surface area (Å²) in [7, 11) is 0. The number of amides is 3. The normalized spacial score (nSPS) is 13.6. The SMILES string of the molecule is CSCCC(NC(=O)C(NC(=O)C(CCCN=C(N)N)NC(=O)CN)C(C)C)C(=O)O. The molecule has 178 valence electrons. The summed E-state index contributed by atoms with van der Waals surface area (Å²) in [6.45, 7) is 3.39. The van der Waals surface area contributed by atoms with E-state index in [1.54, 1.807) is 13.8 Å². The number of rotatable bonds is 15. The van der Waals surface area contributed by atoms with Gasteiger partial charge in [0.2, 0.25) is 17.7 Å². The van der Waals surface area contributed by atoms with E-state index < -0.39 is 41.8 Å². The molecule has 13 heteroatoms. The summed E-state index contributed by atoms with van der Waals surface area (Å²) >= 11 is 1.46. The molecule has 0 aliphatic carbocycles. The second-order valence-corrected chi connectivity index (χ2v) is 8.17. The van der Waals surface area contributed by atoms with Gasteiger partial charge in [0, 0.05) is 6.54 Å². The molecule has 0 saturated carbocycles. The molecule has 0 spiro atoms. The van der Waals surface area contributed by atoms with Crippen molar-refractivity contribution >= 4 is 41.4 Å². The van der Waals surface area contributed by atoms with Gasteiger partial charge >= 0.3 is 5.97 Å². The zero-order valence-corrected chi connectivity index (χ0v) is 19.0. The summed E-state index contributed by atoms with van der Waals surface area (Å²) in [5, 5.41) is 16.9. The van der Waals surface area contributed by atoms with Crippen LogP contribution in [0.3, 0.4) is 0 Å². The Hall–Kier alpha value is -2.54. The van der Waals surface area contributed by atoms with Gasteiger partial charge in [0.15, 0.2) is 5.96 Å². The number of carboxylic acids is 1. The van der Waals surface area contributed by atoms with Gasteiger partial charge in [-0.3, -0.25) is 19.4 Å². The molecule has 10 N–H and O–H groups in total. The number of aliphatic imine (C=N–C) groups is 1. The van der Waals surface area contributed by atoms with Gasteiger partial charge in [-0.05, 0) is 37.2 Å². The molecule has 0 aliphatic rings. The van der Waals surface area contributed by atoms with E-state index in [4.69, 9.17) is 17.2 Å². The summed E-state index contributed by atoms with van der Waals surface area (Å²) in [5.74, 6) is -2.74. The average molecular weight is 462 g/mol. The molecule has 3 unspecified atom stereocenters. The van der Waals surface area contributed by atoms with Crippen LogP contribution in [0.5, 0.6) is 0 Å². The Morgan fingerprint density at radius 1 is 1.00 bits per heavy atom. The van der Waals surface area contributed by atoms with Gasteiger partial charge in [0.25, 0.3) is 0 Å². The monoisotopic (exact) mass is 461 g/mol. The van der Waals surface area contributed by atoms with E-state index in [1.165, 1.54) is 11.8 Å². The molecule has 31 heavy (non-hydrogen) atoms. The Bertz CT molecular complexity index is 641. The van der Waals surface area contributed by atoms with E-state index in [9.17, 15) is 24.3 Å². The van der Waals surface area contributed by atoms with Crippen LogP contribution in [0.2, 0.25) is 0 Å². The van der Waals surface area contributed by atoms with Gasteiger partial charge in [-0.2, -0.15) is 11.8 Å². The first kappa shape index (κ1) is 28.5. The van der Waals surface area contributed by atoms with Crippen molar-refractivity contribution in [2.24, 2.45) is 28.1 Å². The number of nitrogens with zero attached hydrogens (tertiary/aromatic N) is 1. The van der Waals surface area contributed by atoms with Crippen LogP contribution in [0, 0.1) is 5.92 Å². The lowest BCUT2D eigenvalue weighted by molar-refractivity contribution is -0.142. The highest BCUT2D eigenvalue weighted by molar-refractivity contribution is 7.98. The van der Waals surface area contributed by atoms with Crippen LogP contribution in [-0.4, -0.2) is 78.0 Å². The first-order chi connectivity index (χ1) is 14.5. The van der Waals surface area contributed by atoms with Crippen LogP contribution in [-0.2, 0) is 19.2 Å². The van der Waals surface area contributed by atoms with Crippen LogP contribution < -0.4 is 33.2 Å². The molecule has 0 saturated heterocycles. The van der Waals surface area contributed by atoms with E-state index in [-0.39, 0.29) is 37.8 Å². The Morgan fingerprint density at radius 3 is 2.13 bits per heavy atom. The highest BCUT2D eigenvalue weighted by atomic mass is 32.2. The number of nitrogens with two attached hydrogens (primary N) is 3. The number of hydrogen-bond acceptors (Lipinski definition) is 7. The number of nitrogens with one attached hydrogen (secondary N) is 3. The van der Waals surface area contributed by atoms with Gasteiger partial charge in [0.1, 0.15) is 18.1 Å². The summed E-state index contributed by atoms with van der Waals surface area (Å²) in [4.78, 5) is 52.4. The Balaban J connectivity index is 5.24. The number of hydrogen-bond donors (Lipinski definition) is 7. The maximum absolute atomic E-state index is 12.8. The van der Waals surface area contributed by atoms with E-state index in [2.05, 4.69) is 20.9 Å². The van der Waals surface area contributed by atoms with Crippen molar-refractivity contribution in [3.05, 3.63) is 0 Å². The molecule has 3 amide bonds. The highest BCUT2D eigenvalue weighted by Crippen LogP contribution is 2.07. The van der Waals surface area contributed by atoms with Crippen LogP contribution in [0.1, 0.15) is 33.1 Å². The highest BCUT2D eigenvalue weighted by Gasteiger charge is 2.31. The fourth-order valence-corrected chi connectivity index (χ4v) is 3.04. The third-order valence-corrected chi connectivity index (χ3v) is 4.90. The molecule has 0 aliphatic heterocycles. The standard InChI is InChI=1S/C18H35N7O5S/c1-10(2)14(16(28)24-12(17(29)30)6-8-31-3)25-15(27)11(23-13(26)9-19)5-4-7-22-18(20)21/h10-12,14H,4-9,19H2,1-3H3,(H,23,26)(H,24,28)(H,25,27)(H,29,30)(H4,20,21,22). The minimum absolute atomic E-state index is 0.0852. The zero-order valence-electron chi connectivity index (χ0n) is 18.2. The van der Waals surface area contributed by atoms with Crippen LogP contribution >= 0.6 is 11.8 Å². The Labute approximate surface area is 186 Å². The van der Waals surface area contributed by atoms with Crippen molar-refractivity contribution in [2.45, 2.75) is 51.2 Å². The van der Waals surface area contributed by atoms with Gasteiger partial charge in [-0.15, -0.1) is 0 Å². The molecule has 12 nitrogen and oxygen atoms in total. The number of guanidine groups is 1. The maximum atomic E-state index is 12.8. The average Bonchev–Trinajstić information content (AvgIpc) is 2.70. The molecule has 0 aromatic heterocycles. The quantitative estimate of drug-likeness (QED) is 0.0810. The lowest BCUT2D eigenvalue weighted by Gasteiger charge is -2.26. The number of aliphatic carboxylic acids is 1. The van der Waals surface area contributed by atoms with Gasteiger partial charge in [0.05, 0.1) is 6.54 Å². The van der Waals surface area contributed by atoms with E-state index >= 15 is 0 Å². The first-order valence-electron chi connectivity index (χ1n) is 9.90.